The third kappa shape index (κ3) is 3.36. The summed E-state index contributed by atoms with van der Waals surface area (Å²) in [4.78, 5) is 27.7. The van der Waals surface area contributed by atoms with Crippen molar-refractivity contribution in [3.05, 3.63) is 53.7 Å². The van der Waals surface area contributed by atoms with Crippen molar-refractivity contribution in [1.82, 2.24) is 4.98 Å². The van der Waals surface area contributed by atoms with Gasteiger partial charge in [-0.3, -0.25) is 4.79 Å². The maximum Gasteiger partial charge on any atom is 0.339 e. The summed E-state index contributed by atoms with van der Waals surface area (Å²) in [7, 11) is 2.78. The summed E-state index contributed by atoms with van der Waals surface area (Å²) in [6.45, 7) is 0. The van der Waals surface area contributed by atoms with Gasteiger partial charge in [-0.05, 0) is 18.2 Å². The van der Waals surface area contributed by atoms with Crippen molar-refractivity contribution in [2.45, 2.75) is 0 Å². The van der Waals surface area contributed by atoms with Crippen molar-refractivity contribution < 1.29 is 19.1 Å². The Balaban J connectivity index is 2.21. The zero-order valence-corrected chi connectivity index (χ0v) is 11.6. The van der Waals surface area contributed by atoms with Gasteiger partial charge < -0.3 is 14.8 Å². The fraction of sp³-hybridized carbons (Fsp3) is 0.133. The van der Waals surface area contributed by atoms with Gasteiger partial charge in [-0.15, -0.1) is 0 Å². The molecule has 1 N–H and O–H groups in total. The topological polar surface area (TPSA) is 77.5 Å². The molecule has 1 heterocycles. The van der Waals surface area contributed by atoms with E-state index in [-0.39, 0.29) is 11.5 Å². The highest BCUT2D eigenvalue weighted by molar-refractivity contribution is 6.07. The normalized spacial score (nSPS) is 9.81. The van der Waals surface area contributed by atoms with Crippen molar-refractivity contribution in [3.63, 3.8) is 0 Å². The highest BCUT2D eigenvalue weighted by Crippen LogP contribution is 2.17. The first-order valence-electron chi connectivity index (χ1n) is 6.14. The smallest absolute Gasteiger partial charge is 0.339 e. The van der Waals surface area contributed by atoms with Gasteiger partial charge in [-0.2, -0.15) is 0 Å². The fourth-order valence-electron chi connectivity index (χ4n) is 1.71. The van der Waals surface area contributed by atoms with Crippen LogP contribution in [-0.2, 0) is 4.74 Å². The van der Waals surface area contributed by atoms with Gasteiger partial charge in [0.1, 0.15) is 0 Å². The Bertz CT molecular complexity index is 653. The maximum atomic E-state index is 12.1. The number of nitrogens with one attached hydrogen (secondary N) is 1. The second-order valence-corrected chi connectivity index (χ2v) is 4.08. The summed E-state index contributed by atoms with van der Waals surface area (Å²) < 4.78 is 9.60. The quantitative estimate of drug-likeness (QED) is 0.871. The molecule has 2 aromatic rings. The Labute approximate surface area is 121 Å². The van der Waals surface area contributed by atoms with Gasteiger partial charge in [0.05, 0.1) is 31.0 Å². The van der Waals surface area contributed by atoms with Crippen LogP contribution in [0.15, 0.2) is 42.6 Å². The number of nitrogens with zero attached hydrogens (tertiary/aromatic N) is 1. The summed E-state index contributed by atoms with van der Waals surface area (Å²) in [6.07, 6.45) is 1.40. The minimum Gasteiger partial charge on any atom is -0.481 e. The summed E-state index contributed by atoms with van der Waals surface area (Å²) >= 11 is 0. The highest BCUT2D eigenvalue weighted by atomic mass is 16.5. The molecule has 1 aromatic heterocycles. The number of hydrogen-bond acceptors (Lipinski definition) is 5. The van der Waals surface area contributed by atoms with Crippen LogP contribution in [0, 0.1) is 0 Å². The zero-order valence-electron chi connectivity index (χ0n) is 11.6. The molecule has 0 spiro atoms. The van der Waals surface area contributed by atoms with E-state index in [0.29, 0.717) is 17.1 Å². The van der Waals surface area contributed by atoms with Crippen molar-refractivity contribution in [1.29, 1.82) is 0 Å². The van der Waals surface area contributed by atoms with Crippen LogP contribution < -0.4 is 10.1 Å². The van der Waals surface area contributed by atoms with Gasteiger partial charge in [0.15, 0.2) is 0 Å². The van der Waals surface area contributed by atoms with Crippen LogP contribution in [0.25, 0.3) is 0 Å². The van der Waals surface area contributed by atoms with Crippen LogP contribution >= 0.6 is 0 Å². The van der Waals surface area contributed by atoms with Gasteiger partial charge in [0.25, 0.3) is 5.91 Å². The number of para-hydroxylation sites is 1. The molecular weight excluding hydrogens is 272 g/mol. The first-order valence-corrected chi connectivity index (χ1v) is 6.14. The van der Waals surface area contributed by atoms with Gasteiger partial charge in [0, 0.05) is 12.3 Å². The average molecular weight is 286 g/mol. The number of hydrogen-bond donors (Lipinski definition) is 1. The van der Waals surface area contributed by atoms with E-state index in [0.717, 1.165) is 0 Å². The van der Waals surface area contributed by atoms with E-state index in [4.69, 9.17) is 4.74 Å². The first-order chi connectivity index (χ1) is 10.2. The standard InChI is InChI=1S/C15H14N2O4/c1-20-13-8-7-10(9-16-13)14(18)17-12-6-4-3-5-11(12)15(19)21-2/h3-9H,1-2H3,(H,17,18). The molecule has 0 aliphatic heterocycles. The van der Waals surface area contributed by atoms with Gasteiger partial charge >= 0.3 is 5.97 Å². The summed E-state index contributed by atoms with van der Waals surface area (Å²) in [5, 5.41) is 2.66. The number of esters is 1. The average Bonchev–Trinajstić information content (AvgIpc) is 2.54. The number of rotatable bonds is 4. The lowest BCUT2D eigenvalue weighted by Gasteiger charge is -2.09. The minimum absolute atomic E-state index is 0.287. The second kappa shape index (κ2) is 6.51. The van der Waals surface area contributed by atoms with Gasteiger partial charge in [-0.25, -0.2) is 9.78 Å². The molecule has 0 unspecified atom stereocenters. The molecule has 0 bridgehead atoms. The predicted molar refractivity (Wildman–Crippen MR) is 76.5 cm³/mol. The van der Waals surface area contributed by atoms with Crippen LogP contribution in [0.2, 0.25) is 0 Å². The van der Waals surface area contributed by atoms with E-state index in [9.17, 15) is 9.59 Å². The number of carbonyl (C=O) groups is 2. The SMILES string of the molecule is COC(=O)c1ccccc1NC(=O)c1ccc(OC)nc1. The minimum atomic E-state index is -0.515. The molecule has 1 amide bonds. The van der Waals surface area contributed by atoms with E-state index in [1.165, 1.54) is 20.4 Å². The third-order valence-corrected chi connectivity index (χ3v) is 2.79. The number of anilines is 1. The Morgan fingerprint density at radius 2 is 1.86 bits per heavy atom. The molecule has 2 rings (SSSR count). The highest BCUT2D eigenvalue weighted by Gasteiger charge is 2.14. The van der Waals surface area contributed by atoms with Crippen molar-refractivity contribution in [2.75, 3.05) is 19.5 Å². The molecule has 21 heavy (non-hydrogen) atoms. The van der Waals surface area contributed by atoms with Crippen LogP contribution in [-0.4, -0.2) is 31.1 Å². The lowest BCUT2D eigenvalue weighted by molar-refractivity contribution is 0.0602. The first kappa shape index (κ1) is 14.5. The van der Waals surface area contributed by atoms with Gasteiger partial charge in [0.2, 0.25) is 5.88 Å². The Kier molecular flexibility index (Phi) is 4.50. The number of ether oxygens (including phenoxy) is 2. The number of aromatic nitrogens is 1. The molecule has 1 aromatic carbocycles. The lowest BCUT2D eigenvalue weighted by Crippen LogP contribution is -2.15. The Morgan fingerprint density at radius 1 is 1.10 bits per heavy atom. The molecule has 0 saturated carbocycles. The van der Waals surface area contributed by atoms with Crippen molar-refractivity contribution >= 4 is 17.6 Å². The second-order valence-electron chi connectivity index (χ2n) is 4.08. The zero-order chi connectivity index (χ0) is 15.2. The molecule has 0 atom stereocenters. The third-order valence-electron chi connectivity index (χ3n) is 2.79. The number of benzene rings is 1. The van der Waals surface area contributed by atoms with Gasteiger partial charge in [-0.1, -0.05) is 12.1 Å². The van der Waals surface area contributed by atoms with E-state index in [2.05, 4.69) is 15.0 Å². The largest absolute Gasteiger partial charge is 0.481 e. The lowest BCUT2D eigenvalue weighted by atomic mass is 10.1. The summed E-state index contributed by atoms with van der Waals surface area (Å²) in [6, 6.07) is 9.78. The number of amides is 1. The van der Waals surface area contributed by atoms with Crippen LogP contribution in [0.5, 0.6) is 5.88 Å². The van der Waals surface area contributed by atoms with Crippen LogP contribution in [0.4, 0.5) is 5.69 Å². The van der Waals surface area contributed by atoms with E-state index in [1.807, 2.05) is 0 Å². The van der Waals surface area contributed by atoms with Crippen LogP contribution in [0.3, 0.4) is 0 Å². The van der Waals surface area contributed by atoms with E-state index in [1.54, 1.807) is 36.4 Å². The van der Waals surface area contributed by atoms with E-state index < -0.39 is 5.97 Å². The van der Waals surface area contributed by atoms with Crippen molar-refractivity contribution in [2.24, 2.45) is 0 Å². The van der Waals surface area contributed by atoms with Crippen molar-refractivity contribution in [3.8, 4) is 5.88 Å². The summed E-state index contributed by atoms with van der Waals surface area (Å²) in [5.41, 5.74) is 1.02. The predicted octanol–water partition coefficient (Wildman–Crippen LogP) is 2.13. The molecule has 108 valence electrons. The molecule has 0 radical (unpaired) electrons. The fourth-order valence-corrected chi connectivity index (χ4v) is 1.71. The Hall–Kier alpha value is -2.89. The molecule has 0 saturated heterocycles. The number of pyridine rings is 1. The monoisotopic (exact) mass is 286 g/mol. The van der Waals surface area contributed by atoms with E-state index >= 15 is 0 Å². The number of carbonyl (C=O) groups excluding carboxylic acids is 2. The molecule has 6 heteroatoms. The summed E-state index contributed by atoms with van der Waals surface area (Å²) in [5.74, 6) is -0.471. The number of methoxy groups -OCH3 is 2. The Morgan fingerprint density at radius 3 is 2.48 bits per heavy atom. The molecule has 6 nitrogen and oxygen atoms in total. The van der Waals surface area contributed by atoms with Crippen LogP contribution in [0.1, 0.15) is 20.7 Å². The molecule has 0 aliphatic rings. The molecule has 0 fully saturated rings. The molecular formula is C15H14N2O4. The maximum absolute atomic E-state index is 12.1. The molecule has 0 aliphatic carbocycles.